The topological polar surface area (TPSA) is 52.0 Å². The lowest BCUT2D eigenvalue weighted by Crippen LogP contribution is -2.35. The van der Waals surface area contributed by atoms with Gasteiger partial charge in [-0.3, -0.25) is 0 Å². The molecular weight excluding hydrogens is 184 g/mol. The maximum Gasteiger partial charge on any atom is 0.0312 e. The van der Waals surface area contributed by atoms with Gasteiger partial charge in [0, 0.05) is 11.6 Å². The van der Waals surface area contributed by atoms with Crippen molar-refractivity contribution in [3.63, 3.8) is 0 Å². The Morgan fingerprint density at radius 2 is 1.73 bits per heavy atom. The van der Waals surface area contributed by atoms with Crippen molar-refractivity contribution in [2.45, 2.75) is 45.2 Å². The molecule has 4 N–H and O–H groups in total. The van der Waals surface area contributed by atoms with Crippen LogP contribution in [0.5, 0.6) is 0 Å². The van der Waals surface area contributed by atoms with E-state index >= 15 is 0 Å². The maximum absolute atomic E-state index is 6.09. The quantitative estimate of drug-likeness (QED) is 0.794. The summed E-state index contributed by atoms with van der Waals surface area (Å²) < 4.78 is 0. The van der Waals surface area contributed by atoms with Gasteiger partial charge < -0.3 is 11.5 Å². The van der Waals surface area contributed by atoms with E-state index in [2.05, 4.69) is 31.2 Å². The fraction of sp³-hybridized carbons (Fsp3) is 0.538. The Balaban J connectivity index is 2.70. The molecule has 0 fully saturated rings. The molecule has 1 aromatic carbocycles. The first-order valence-electron chi connectivity index (χ1n) is 5.55. The highest BCUT2D eigenvalue weighted by molar-refractivity contribution is 5.25. The van der Waals surface area contributed by atoms with Crippen LogP contribution in [0, 0.1) is 0 Å². The van der Waals surface area contributed by atoms with Crippen LogP contribution in [0.2, 0.25) is 0 Å². The fourth-order valence-corrected chi connectivity index (χ4v) is 1.69. The van der Waals surface area contributed by atoms with E-state index in [1.807, 2.05) is 13.8 Å². The predicted molar refractivity (Wildman–Crippen MR) is 65.6 cm³/mol. The van der Waals surface area contributed by atoms with Gasteiger partial charge in [-0.2, -0.15) is 0 Å². The molecule has 1 aromatic rings. The average Bonchev–Trinajstić information content (AvgIpc) is 2.15. The molecule has 0 aromatic heterocycles. The van der Waals surface area contributed by atoms with Crippen molar-refractivity contribution in [1.29, 1.82) is 0 Å². The van der Waals surface area contributed by atoms with Gasteiger partial charge in [0.2, 0.25) is 0 Å². The number of benzene rings is 1. The zero-order valence-corrected chi connectivity index (χ0v) is 9.96. The molecule has 0 aliphatic rings. The summed E-state index contributed by atoms with van der Waals surface area (Å²) in [5.41, 5.74) is 14.4. The normalized spacial score (nSPS) is 13.9. The summed E-state index contributed by atoms with van der Waals surface area (Å²) in [4.78, 5) is 0. The highest BCUT2D eigenvalue weighted by Gasteiger charge is 2.16. The average molecular weight is 206 g/mol. The molecule has 1 atom stereocenters. The van der Waals surface area contributed by atoms with Gasteiger partial charge in [-0.25, -0.2) is 0 Å². The second kappa shape index (κ2) is 4.77. The van der Waals surface area contributed by atoms with Crippen molar-refractivity contribution in [1.82, 2.24) is 0 Å². The Kier molecular flexibility index (Phi) is 3.89. The molecule has 0 amide bonds. The van der Waals surface area contributed by atoms with E-state index in [4.69, 9.17) is 11.5 Å². The lowest BCUT2D eigenvalue weighted by molar-refractivity contribution is 0.429. The standard InChI is InChI=1S/C13H22N2/c1-4-10-5-7-11(8-6-10)12(14)9-13(2,3)15/h5-8,12H,4,9,14-15H2,1-3H3. The number of aryl methyl sites for hydroxylation is 1. The van der Waals surface area contributed by atoms with Gasteiger partial charge >= 0.3 is 0 Å². The highest BCUT2D eigenvalue weighted by Crippen LogP contribution is 2.20. The lowest BCUT2D eigenvalue weighted by Gasteiger charge is -2.23. The molecule has 0 bridgehead atoms. The van der Waals surface area contributed by atoms with Gasteiger partial charge in [-0.05, 0) is 37.8 Å². The summed E-state index contributed by atoms with van der Waals surface area (Å²) in [7, 11) is 0. The Hall–Kier alpha value is -0.860. The highest BCUT2D eigenvalue weighted by atomic mass is 14.7. The van der Waals surface area contributed by atoms with E-state index < -0.39 is 0 Å². The number of rotatable bonds is 4. The summed E-state index contributed by atoms with van der Waals surface area (Å²) in [6.07, 6.45) is 1.87. The number of hydrogen-bond donors (Lipinski definition) is 2. The van der Waals surface area contributed by atoms with Gasteiger partial charge in [0.05, 0.1) is 0 Å². The summed E-state index contributed by atoms with van der Waals surface area (Å²) in [5, 5.41) is 0. The van der Waals surface area contributed by atoms with E-state index in [0.29, 0.717) is 0 Å². The van der Waals surface area contributed by atoms with Crippen molar-refractivity contribution in [3.05, 3.63) is 35.4 Å². The minimum Gasteiger partial charge on any atom is -0.325 e. The van der Waals surface area contributed by atoms with Crippen molar-refractivity contribution in [2.24, 2.45) is 11.5 Å². The van der Waals surface area contributed by atoms with Crippen molar-refractivity contribution in [3.8, 4) is 0 Å². The molecule has 84 valence electrons. The third-order valence-corrected chi connectivity index (χ3v) is 2.56. The molecule has 15 heavy (non-hydrogen) atoms. The van der Waals surface area contributed by atoms with Crippen LogP contribution in [0.1, 0.15) is 44.4 Å². The van der Waals surface area contributed by atoms with Crippen LogP contribution in [0.4, 0.5) is 0 Å². The first-order valence-corrected chi connectivity index (χ1v) is 5.55. The molecule has 0 saturated heterocycles. The molecule has 0 spiro atoms. The smallest absolute Gasteiger partial charge is 0.0312 e. The summed E-state index contributed by atoms with van der Waals surface area (Å²) in [6, 6.07) is 8.53. The maximum atomic E-state index is 6.09. The first-order chi connectivity index (χ1) is 6.92. The Morgan fingerprint density at radius 1 is 1.20 bits per heavy atom. The zero-order chi connectivity index (χ0) is 11.5. The molecule has 0 radical (unpaired) electrons. The summed E-state index contributed by atoms with van der Waals surface area (Å²) in [5.74, 6) is 0. The van der Waals surface area contributed by atoms with Crippen molar-refractivity contribution >= 4 is 0 Å². The molecule has 1 unspecified atom stereocenters. The second-order valence-electron chi connectivity index (χ2n) is 4.89. The van der Waals surface area contributed by atoms with Gasteiger partial charge in [-0.1, -0.05) is 31.2 Å². The molecule has 0 aliphatic carbocycles. The van der Waals surface area contributed by atoms with Gasteiger partial charge in [0.1, 0.15) is 0 Å². The van der Waals surface area contributed by atoms with Gasteiger partial charge in [0.25, 0.3) is 0 Å². The number of nitrogens with two attached hydrogens (primary N) is 2. The molecular formula is C13H22N2. The van der Waals surface area contributed by atoms with Crippen LogP contribution >= 0.6 is 0 Å². The van der Waals surface area contributed by atoms with Crippen molar-refractivity contribution < 1.29 is 0 Å². The lowest BCUT2D eigenvalue weighted by atomic mass is 9.92. The van der Waals surface area contributed by atoms with E-state index in [1.54, 1.807) is 0 Å². The molecule has 1 rings (SSSR count). The molecule has 2 nitrogen and oxygen atoms in total. The fourth-order valence-electron chi connectivity index (χ4n) is 1.69. The summed E-state index contributed by atoms with van der Waals surface area (Å²) in [6.45, 7) is 6.17. The van der Waals surface area contributed by atoms with Crippen LogP contribution in [0.25, 0.3) is 0 Å². The third-order valence-electron chi connectivity index (χ3n) is 2.56. The molecule has 0 heterocycles. The predicted octanol–water partition coefficient (Wildman–Crippen LogP) is 2.38. The van der Waals surface area contributed by atoms with Crippen LogP contribution in [-0.4, -0.2) is 5.54 Å². The molecule has 0 aliphatic heterocycles. The summed E-state index contributed by atoms with van der Waals surface area (Å²) >= 11 is 0. The van der Waals surface area contributed by atoms with Crippen LogP contribution in [-0.2, 0) is 6.42 Å². The Morgan fingerprint density at radius 3 is 2.13 bits per heavy atom. The first kappa shape index (κ1) is 12.2. The van der Waals surface area contributed by atoms with Crippen LogP contribution in [0.3, 0.4) is 0 Å². The number of hydrogen-bond acceptors (Lipinski definition) is 2. The van der Waals surface area contributed by atoms with Crippen LogP contribution in [0.15, 0.2) is 24.3 Å². The third kappa shape index (κ3) is 4.02. The second-order valence-corrected chi connectivity index (χ2v) is 4.89. The largest absolute Gasteiger partial charge is 0.325 e. The van der Waals surface area contributed by atoms with E-state index in [0.717, 1.165) is 12.8 Å². The van der Waals surface area contributed by atoms with Gasteiger partial charge in [0.15, 0.2) is 0 Å². The Bertz CT molecular complexity index is 295. The van der Waals surface area contributed by atoms with Gasteiger partial charge in [-0.15, -0.1) is 0 Å². The zero-order valence-electron chi connectivity index (χ0n) is 9.96. The van der Waals surface area contributed by atoms with E-state index in [1.165, 1.54) is 11.1 Å². The van der Waals surface area contributed by atoms with Crippen LogP contribution < -0.4 is 11.5 Å². The minimum atomic E-state index is -0.206. The van der Waals surface area contributed by atoms with E-state index in [9.17, 15) is 0 Å². The molecule has 2 heteroatoms. The molecule has 0 saturated carbocycles. The van der Waals surface area contributed by atoms with E-state index in [-0.39, 0.29) is 11.6 Å². The SMILES string of the molecule is CCc1ccc(C(N)CC(C)(C)N)cc1. The minimum absolute atomic E-state index is 0.0379. The monoisotopic (exact) mass is 206 g/mol. The Labute approximate surface area is 92.7 Å². The van der Waals surface area contributed by atoms with Crippen molar-refractivity contribution in [2.75, 3.05) is 0 Å².